The predicted molar refractivity (Wildman–Crippen MR) is 61.2 cm³/mol. The second kappa shape index (κ2) is 4.47. The standard InChI is InChI=1S/C13H15NO2/c14-13(16)10-6-4-9(5-7-10)11-2-1-3-12(15)8-11/h4-7,11H,1-3,8H2,(H2,14,16). The third kappa shape index (κ3) is 2.30. The average molecular weight is 217 g/mol. The average Bonchev–Trinajstić information content (AvgIpc) is 2.29. The molecule has 84 valence electrons. The number of benzene rings is 1. The lowest BCUT2D eigenvalue weighted by molar-refractivity contribution is -0.120. The molecule has 1 aliphatic rings. The van der Waals surface area contributed by atoms with Gasteiger partial charge in [0.25, 0.3) is 0 Å². The van der Waals surface area contributed by atoms with Gasteiger partial charge >= 0.3 is 0 Å². The smallest absolute Gasteiger partial charge is 0.248 e. The topological polar surface area (TPSA) is 60.2 Å². The fourth-order valence-corrected chi connectivity index (χ4v) is 2.23. The van der Waals surface area contributed by atoms with Crippen molar-refractivity contribution >= 4 is 11.7 Å². The van der Waals surface area contributed by atoms with Gasteiger partial charge in [-0.3, -0.25) is 9.59 Å². The van der Waals surface area contributed by atoms with Crippen LogP contribution >= 0.6 is 0 Å². The van der Waals surface area contributed by atoms with Crippen molar-refractivity contribution in [2.24, 2.45) is 5.73 Å². The Bertz CT molecular complexity index is 408. The first kappa shape index (κ1) is 10.9. The zero-order chi connectivity index (χ0) is 11.5. The monoisotopic (exact) mass is 217 g/mol. The van der Waals surface area contributed by atoms with E-state index in [1.807, 2.05) is 12.1 Å². The quantitative estimate of drug-likeness (QED) is 0.823. The molecule has 3 heteroatoms. The number of hydrogen-bond donors (Lipinski definition) is 1. The van der Waals surface area contributed by atoms with Gasteiger partial charge in [0.05, 0.1) is 0 Å². The molecule has 1 aliphatic carbocycles. The van der Waals surface area contributed by atoms with E-state index in [9.17, 15) is 9.59 Å². The number of nitrogens with two attached hydrogens (primary N) is 1. The molecule has 1 aromatic rings. The number of carbonyl (C=O) groups is 2. The van der Waals surface area contributed by atoms with Crippen molar-refractivity contribution in [2.75, 3.05) is 0 Å². The van der Waals surface area contributed by atoms with Crippen molar-refractivity contribution in [2.45, 2.75) is 31.6 Å². The minimum Gasteiger partial charge on any atom is -0.366 e. The van der Waals surface area contributed by atoms with E-state index in [-0.39, 0.29) is 0 Å². The lowest BCUT2D eigenvalue weighted by Crippen LogP contribution is -2.14. The van der Waals surface area contributed by atoms with Gasteiger partial charge in [0.2, 0.25) is 5.91 Å². The second-order valence-corrected chi connectivity index (χ2v) is 4.32. The molecular formula is C13H15NO2. The van der Waals surface area contributed by atoms with E-state index in [2.05, 4.69) is 0 Å². The van der Waals surface area contributed by atoms with Crippen molar-refractivity contribution < 1.29 is 9.59 Å². The summed E-state index contributed by atoms with van der Waals surface area (Å²) >= 11 is 0. The Labute approximate surface area is 94.6 Å². The maximum absolute atomic E-state index is 11.3. The Kier molecular flexibility index (Phi) is 3.04. The molecule has 1 atom stereocenters. The van der Waals surface area contributed by atoms with Crippen molar-refractivity contribution in [1.29, 1.82) is 0 Å². The van der Waals surface area contributed by atoms with Gasteiger partial charge in [0.15, 0.2) is 0 Å². The molecule has 1 fully saturated rings. The largest absolute Gasteiger partial charge is 0.366 e. The summed E-state index contributed by atoms with van der Waals surface area (Å²) in [6.45, 7) is 0. The van der Waals surface area contributed by atoms with Crippen LogP contribution in [-0.4, -0.2) is 11.7 Å². The van der Waals surface area contributed by atoms with Crippen LogP contribution in [0.15, 0.2) is 24.3 Å². The van der Waals surface area contributed by atoms with Crippen LogP contribution in [0.2, 0.25) is 0 Å². The van der Waals surface area contributed by atoms with Crippen molar-refractivity contribution in [1.82, 2.24) is 0 Å². The molecule has 2 rings (SSSR count). The van der Waals surface area contributed by atoms with Gasteiger partial charge in [-0.15, -0.1) is 0 Å². The van der Waals surface area contributed by atoms with Gasteiger partial charge in [0, 0.05) is 18.4 Å². The summed E-state index contributed by atoms with van der Waals surface area (Å²) in [6.07, 6.45) is 3.38. The van der Waals surface area contributed by atoms with E-state index in [0.29, 0.717) is 23.7 Å². The fourth-order valence-electron chi connectivity index (χ4n) is 2.23. The fraction of sp³-hybridized carbons (Fsp3) is 0.385. The van der Waals surface area contributed by atoms with E-state index in [1.54, 1.807) is 12.1 Å². The highest BCUT2D eigenvalue weighted by Crippen LogP contribution is 2.30. The molecule has 1 aromatic carbocycles. The number of primary amides is 1. The molecule has 2 N–H and O–H groups in total. The van der Waals surface area contributed by atoms with Crippen LogP contribution in [0.3, 0.4) is 0 Å². The molecule has 3 nitrogen and oxygen atoms in total. The highest BCUT2D eigenvalue weighted by atomic mass is 16.1. The lowest BCUT2D eigenvalue weighted by Gasteiger charge is -2.21. The van der Waals surface area contributed by atoms with Crippen molar-refractivity contribution in [3.8, 4) is 0 Å². The second-order valence-electron chi connectivity index (χ2n) is 4.32. The van der Waals surface area contributed by atoms with Gasteiger partial charge in [-0.1, -0.05) is 12.1 Å². The molecule has 0 bridgehead atoms. The van der Waals surface area contributed by atoms with E-state index in [0.717, 1.165) is 24.8 Å². The Morgan fingerprint density at radius 3 is 2.50 bits per heavy atom. The SMILES string of the molecule is NC(=O)c1ccc(C2CCCC(=O)C2)cc1. The predicted octanol–water partition coefficient (Wildman–Crippen LogP) is 2.01. The molecular weight excluding hydrogens is 202 g/mol. The molecule has 1 unspecified atom stereocenters. The molecule has 1 amide bonds. The lowest BCUT2D eigenvalue weighted by atomic mass is 9.83. The maximum atomic E-state index is 11.3. The number of hydrogen-bond acceptors (Lipinski definition) is 2. The number of amides is 1. The summed E-state index contributed by atoms with van der Waals surface area (Å²) in [5.41, 5.74) is 6.83. The van der Waals surface area contributed by atoms with E-state index < -0.39 is 5.91 Å². The summed E-state index contributed by atoms with van der Waals surface area (Å²) in [7, 11) is 0. The van der Waals surface area contributed by atoms with Gasteiger partial charge in [-0.25, -0.2) is 0 Å². The third-order valence-corrected chi connectivity index (χ3v) is 3.15. The molecule has 0 spiro atoms. The Balaban J connectivity index is 2.14. The summed E-state index contributed by atoms with van der Waals surface area (Å²) in [6, 6.07) is 7.28. The van der Waals surface area contributed by atoms with Crippen LogP contribution in [-0.2, 0) is 4.79 Å². The molecule has 0 heterocycles. The minimum atomic E-state index is -0.411. The van der Waals surface area contributed by atoms with Crippen LogP contribution in [0.5, 0.6) is 0 Å². The summed E-state index contributed by atoms with van der Waals surface area (Å²) in [4.78, 5) is 22.3. The van der Waals surface area contributed by atoms with Gasteiger partial charge < -0.3 is 5.73 Å². The normalized spacial score (nSPS) is 20.8. The van der Waals surface area contributed by atoms with Crippen LogP contribution in [0.4, 0.5) is 0 Å². The van der Waals surface area contributed by atoms with Crippen LogP contribution in [0.25, 0.3) is 0 Å². The molecule has 0 saturated heterocycles. The Morgan fingerprint density at radius 1 is 1.25 bits per heavy atom. The summed E-state index contributed by atoms with van der Waals surface area (Å²) in [5.74, 6) is 0.254. The van der Waals surface area contributed by atoms with Crippen LogP contribution in [0.1, 0.15) is 47.5 Å². The molecule has 16 heavy (non-hydrogen) atoms. The molecule has 0 radical (unpaired) electrons. The first-order chi connectivity index (χ1) is 7.66. The third-order valence-electron chi connectivity index (χ3n) is 3.15. The molecule has 0 aromatic heterocycles. The number of rotatable bonds is 2. The number of carbonyl (C=O) groups excluding carboxylic acids is 2. The van der Waals surface area contributed by atoms with Crippen molar-refractivity contribution in [3.05, 3.63) is 35.4 Å². The first-order valence-corrected chi connectivity index (χ1v) is 5.58. The molecule has 1 saturated carbocycles. The highest BCUT2D eigenvalue weighted by molar-refractivity contribution is 5.92. The maximum Gasteiger partial charge on any atom is 0.248 e. The summed E-state index contributed by atoms with van der Waals surface area (Å²) < 4.78 is 0. The highest BCUT2D eigenvalue weighted by Gasteiger charge is 2.20. The van der Waals surface area contributed by atoms with Crippen molar-refractivity contribution in [3.63, 3.8) is 0 Å². The first-order valence-electron chi connectivity index (χ1n) is 5.58. The van der Waals surface area contributed by atoms with Gasteiger partial charge in [0.1, 0.15) is 5.78 Å². The number of ketones is 1. The summed E-state index contributed by atoms with van der Waals surface area (Å²) in [5, 5.41) is 0. The number of Topliss-reactive ketones (excluding diaryl/α,β-unsaturated/α-hetero) is 1. The molecule has 0 aliphatic heterocycles. The zero-order valence-corrected chi connectivity index (χ0v) is 9.11. The zero-order valence-electron chi connectivity index (χ0n) is 9.11. The van der Waals surface area contributed by atoms with E-state index in [1.165, 1.54) is 0 Å². The van der Waals surface area contributed by atoms with E-state index in [4.69, 9.17) is 5.73 Å². The van der Waals surface area contributed by atoms with Gasteiger partial charge in [-0.05, 0) is 36.5 Å². The van der Waals surface area contributed by atoms with E-state index >= 15 is 0 Å². The van der Waals surface area contributed by atoms with Crippen LogP contribution < -0.4 is 5.73 Å². The Morgan fingerprint density at radius 2 is 1.94 bits per heavy atom. The van der Waals surface area contributed by atoms with Gasteiger partial charge in [-0.2, -0.15) is 0 Å². The van der Waals surface area contributed by atoms with Crippen LogP contribution in [0, 0.1) is 0 Å². The Hall–Kier alpha value is -1.64. The minimum absolute atomic E-state index is 0.322.